The zero-order valence-corrected chi connectivity index (χ0v) is 14.3. The lowest BCUT2D eigenvalue weighted by atomic mass is 10.1. The molecule has 1 unspecified atom stereocenters. The smallest absolute Gasteiger partial charge is 0.254 e. The molecule has 126 valence electrons. The maximum Gasteiger partial charge on any atom is 0.254 e. The van der Waals surface area contributed by atoms with Gasteiger partial charge in [-0.05, 0) is 31.4 Å². The number of fused-ring (bicyclic) bond motifs is 1. The number of unbranched alkanes of at least 4 members (excludes halogenated alkanes) is 2. The lowest BCUT2D eigenvalue weighted by Gasteiger charge is -2.22. The summed E-state index contributed by atoms with van der Waals surface area (Å²) in [7, 11) is 0. The molecule has 1 aromatic carbocycles. The van der Waals surface area contributed by atoms with Gasteiger partial charge in [0.15, 0.2) is 0 Å². The number of hydrogen-bond acceptors (Lipinski definition) is 4. The molecule has 1 N–H and O–H groups in total. The lowest BCUT2D eigenvalue weighted by molar-refractivity contribution is 0.0952. The summed E-state index contributed by atoms with van der Waals surface area (Å²) in [5.74, 6) is 0.544. The molecule has 0 fully saturated rings. The van der Waals surface area contributed by atoms with E-state index in [1.54, 1.807) is 12.4 Å². The highest BCUT2D eigenvalue weighted by Crippen LogP contribution is 2.35. The first-order valence-electron chi connectivity index (χ1n) is 8.68. The quantitative estimate of drug-likeness (QED) is 0.827. The van der Waals surface area contributed by atoms with Crippen LogP contribution < -0.4 is 10.2 Å². The number of amides is 1. The molecule has 1 aliphatic rings. The summed E-state index contributed by atoms with van der Waals surface area (Å²) in [5, 5.41) is 2.91. The number of anilines is 2. The van der Waals surface area contributed by atoms with Crippen LogP contribution in [0.1, 0.15) is 49.0 Å². The van der Waals surface area contributed by atoms with E-state index in [1.165, 1.54) is 5.56 Å². The van der Waals surface area contributed by atoms with Gasteiger partial charge >= 0.3 is 0 Å². The fraction of sp³-hybridized carbons (Fsp3) is 0.421. The third-order valence-corrected chi connectivity index (χ3v) is 4.39. The van der Waals surface area contributed by atoms with Crippen molar-refractivity contribution < 1.29 is 4.79 Å². The predicted octanol–water partition coefficient (Wildman–Crippen LogP) is 3.48. The molecule has 0 bridgehead atoms. The van der Waals surface area contributed by atoms with Crippen molar-refractivity contribution in [2.75, 3.05) is 11.4 Å². The van der Waals surface area contributed by atoms with E-state index in [0.717, 1.165) is 31.4 Å². The molecule has 0 aliphatic carbocycles. The Morgan fingerprint density at radius 2 is 2.00 bits per heavy atom. The maximum atomic E-state index is 12.1. The Labute approximate surface area is 143 Å². The Bertz CT molecular complexity index is 699. The summed E-state index contributed by atoms with van der Waals surface area (Å²) in [6.45, 7) is 5.01. The molecular formula is C19H24N4O. The Hall–Kier alpha value is -2.43. The number of benzene rings is 1. The minimum Gasteiger partial charge on any atom is -0.352 e. The Balaban J connectivity index is 1.70. The van der Waals surface area contributed by atoms with E-state index in [0.29, 0.717) is 24.1 Å². The largest absolute Gasteiger partial charge is 0.352 e. The Morgan fingerprint density at radius 3 is 2.75 bits per heavy atom. The number of carbonyl (C=O) groups is 1. The predicted molar refractivity (Wildman–Crippen MR) is 95.6 cm³/mol. The third-order valence-electron chi connectivity index (χ3n) is 4.39. The highest BCUT2D eigenvalue weighted by atomic mass is 16.1. The molecule has 5 heteroatoms. The van der Waals surface area contributed by atoms with Crippen molar-refractivity contribution >= 4 is 17.5 Å². The van der Waals surface area contributed by atoms with Crippen LogP contribution in [0.2, 0.25) is 0 Å². The van der Waals surface area contributed by atoms with Crippen molar-refractivity contribution in [1.82, 2.24) is 15.3 Å². The van der Waals surface area contributed by atoms with Crippen LogP contribution in [0.15, 0.2) is 36.7 Å². The summed E-state index contributed by atoms with van der Waals surface area (Å²) in [6, 6.07) is 8.64. The van der Waals surface area contributed by atoms with Gasteiger partial charge in [0.1, 0.15) is 0 Å². The number of para-hydroxylation sites is 1. The Kier molecular flexibility index (Phi) is 5.08. The first kappa shape index (κ1) is 16.4. The van der Waals surface area contributed by atoms with E-state index >= 15 is 0 Å². The van der Waals surface area contributed by atoms with Gasteiger partial charge < -0.3 is 10.2 Å². The second kappa shape index (κ2) is 7.43. The molecule has 5 nitrogen and oxygen atoms in total. The Morgan fingerprint density at radius 1 is 1.25 bits per heavy atom. The summed E-state index contributed by atoms with van der Waals surface area (Å²) in [4.78, 5) is 23.1. The van der Waals surface area contributed by atoms with E-state index in [-0.39, 0.29) is 5.91 Å². The molecule has 0 saturated heterocycles. The molecule has 1 amide bonds. The summed E-state index contributed by atoms with van der Waals surface area (Å²) in [5.41, 5.74) is 2.98. The number of carbonyl (C=O) groups excluding carboxylic acids is 1. The van der Waals surface area contributed by atoms with Crippen LogP contribution in [0, 0.1) is 0 Å². The van der Waals surface area contributed by atoms with Gasteiger partial charge in [-0.3, -0.25) is 4.79 Å². The summed E-state index contributed by atoms with van der Waals surface area (Å²) < 4.78 is 0. The highest BCUT2D eigenvalue weighted by Gasteiger charge is 2.28. The number of hydrogen-bond donors (Lipinski definition) is 1. The average molecular weight is 324 g/mol. The maximum absolute atomic E-state index is 12.1. The first-order valence-corrected chi connectivity index (χ1v) is 8.68. The molecule has 2 aromatic rings. The van der Waals surface area contributed by atoms with E-state index in [1.807, 2.05) is 6.07 Å². The standard InChI is InChI=1S/C19H24N4O/c1-3-4-7-10-20-18(24)16-12-21-19(22-13-16)23-14(2)11-15-8-5-6-9-17(15)23/h5-6,8-9,12-14H,3-4,7,10-11H2,1-2H3,(H,20,24). The van der Waals surface area contributed by atoms with Crippen LogP contribution in [0.3, 0.4) is 0 Å². The molecule has 24 heavy (non-hydrogen) atoms. The molecule has 2 heterocycles. The van der Waals surface area contributed by atoms with Gasteiger partial charge in [0, 0.05) is 30.7 Å². The highest BCUT2D eigenvalue weighted by molar-refractivity contribution is 5.93. The van der Waals surface area contributed by atoms with Crippen LogP contribution in [0.4, 0.5) is 11.6 Å². The van der Waals surface area contributed by atoms with Gasteiger partial charge in [-0.25, -0.2) is 9.97 Å². The fourth-order valence-electron chi connectivity index (χ4n) is 3.11. The number of rotatable bonds is 6. The van der Waals surface area contributed by atoms with Crippen LogP contribution in [0.5, 0.6) is 0 Å². The molecule has 1 aliphatic heterocycles. The molecule has 3 rings (SSSR count). The van der Waals surface area contributed by atoms with Crippen LogP contribution >= 0.6 is 0 Å². The minimum absolute atomic E-state index is 0.104. The average Bonchev–Trinajstić information content (AvgIpc) is 2.94. The molecular weight excluding hydrogens is 300 g/mol. The van der Waals surface area contributed by atoms with Crippen molar-refractivity contribution in [3.63, 3.8) is 0 Å². The van der Waals surface area contributed by atoms with Crippen molar-refractivity contribution in [1.29, 1.82) is 0 Å². The zero-order chi connectivity index (χ0) is 16.9. The molecule has 1 atom stereocenters. The topological polar surface area (TPSA) is 58.1 Å². The minimum atomic E-state index is -0.104. The molecule has 0 saturated carbocycles. The number of nitrogens with one attached hydrogen (secondary N) is 1. The van der Waals surface area contributed by atoms with Crippen LogP contribution in [-0.2, 0) is 6.42 Å². The number of nitrogens with zero attached hydrogens (tertiary/aromatic N) is 3. The molecule has 1 aromatic heterocycles. The van der Waals surface area contributed by atoms with Gasteiger partial charge in [-0.15, -0.1) is 0 Å². The van der Waals surface area contributed by atoms with Gasteiger partial charge in [0.25, 0.3) is 5.91 Å². The second-order valence-corrected chi connectivity index (χ2v) is 6.29. The second-order valence-electron chi connectivity index (χ2n) is 6.29. The van der Waals surface area contributed by atoms with E-state index in [9.17, 15) is 4.79 Å². The van der Waals surface area contributed by atoms with Crippen molar-refractivity contribution in [2.24, 2.45) is 0 Å². The van der Waals surface area contributed by atoms with E-state index in [2.05, 4.69) is 52.2 Å². The van der Waals surface area contributed by atoms with Gasteiger partial charge in [-0.2, -0.15) is 0 Å². The van der Waals surface area contributed by atoms with E-state index in [4.69, 9.17) is 0 Å². The monoisotopic (exact) mass is 324 g/mol. The normalized spacial score (nSPS) is 16.1. The van der Waals surface area contributed by atoms with Crippen molar-refractivity contribution in [3.05, 3.63) is 47.8 Å². The molecule has 0 radical (unpaired) electrons. The van der Waals surface area contributed by atoms with Crippen molar-refractivity contribution in [3.8, 4) is 0 Å². The van der Waals surface area contributed by atoms with Crippen LogP contribution in [0.25, 0.3) is 0 Å². The van der Waals surface area contributed by atoms with Gasteiger partial charge in [0.2, 0.25) is 5.95 Å². The van der Waals surface area contributed by atoms with E-state index < -0.39 is 0 Å². The van der Waals surface area contributed by atoms with Gasteiger partial charge in [0.05, 0.1) is 5.56 Å². The molecule has 0 spiro atoms. The van der Waals surface area contributed by atoms with Crippen LogP contribution in [-0.4, -0.2) is 28.5 Å². The summed E-state index contributed by atoms with van der Waals surface area (Å²) in [6.07, 6.45) is 7.49. The van der Waals surface area contributed by atoms with Crippen molar-refractivity contribution in [2.45, 2.75) is 45.6 Å². The van der Waals surface area contributed by atoms with Gasteiger partial charge in [-0.1, -0.05) is 38.0 Å². The summed E-state index contributed by atoms with van der Waals surface area (Å²) >= 11 is 0. The zero-order valence-electron chi connectivity index (χ0n) is 14.3. The number of aromatic nitrogens is 2. The third kappa shape index (κ3) is 3.40. The first-order chi connectivity index (χ1) is 11.7. The SMILES string of the molecule is CCCCCNC(=O)c1cnc(N2c3ccccc3CC2C)nc1. The fourth-order valence-corrected chi connectivity index (χ4v) is 3.11. The lowest BCUT2D eigenvalue weighted by Crippen LogP contribution is -2.27.